The first-order chi connectivity index (χ1) is 7.84. The van der Waals surface area contributed by atoms with Crippen LogP contribution in [0.2, 0.25) is 0 Å². The second kappa shape index (κ2) is 5.49. The Morgan fingerprint density at radius 2 is 2.00 bits per heavy atom. The normalized spacial score (nSPS) is 28.6. The average molecular weight is 242 g/mol. The van der Waals surface area contributed by atoms with Gasteiger partial charge < -0.3 is 15.7 Å². The number of carboxylic acid groups (broad SMARTS) is 1. The van der Waals surface area contributed by atoms with Gasteiger partial charge in [-0.15, -0.1) is 0 Å². The van der Waals surface area contributed by atoms with E-state index in [1.54, 1.807) is 4.90 Å². The Bertz CT molecular complexity index is 304. The van der Waals surface area contributed by atoms with E-state index in [0.717, 1.165) is 0 Å². The first kappa shape index (κ1) is 14.0. The van der Waals surface area contributed by atoms with Gasteiger partial charge >= 0.3 is 5.97 Å². The molecule has 0 aromatic carbocycles. The van der Waals surface area contributed by atoms with Crippen molar-refractivity contribution in [3.8, 4) is 0 Å². The molecule has 0 bridgehead atoms. The maximum absolute atomic E-state index is 12.1. The molecule has 5 nitrogen and oxygen atoms in total. The molecule has 0 aliphatic carbocycles. The second-order valence-corrected chi connectivity index (χ2v) is 5.09. The molecule has 1 amide bonds. The quantitative estimate of drug-likeness (QED) is 0.762. The average Bonchev–Trinajstić information content (AvgIpc) is 2.26. The number of hydrogen-bond acceptors (Lipinski definition) is 3. The minimum Gasteiger partial charge on any atom is -0.481 e. The molecule has 1 heterocycles. The topological polar surface area (TPSA) is 83.6 Å². The molecule has 1 rings (SSSR count). The summed E-state index contributed by atoms with van der Waals surface area (Å²) in [5, 5.41) is 8.95. The number of carboxylic acids is 1. The highest BCUT2D eigenvalue weighted by molar-refractivity contribution is 5.80. The first-order valence-electron chi connectivity index (χ1n) is 6.13. The third-order valence-electron chi connectivity index (χ3n) is 3.69. The van der Waals surface area contributed by atoms with Crippen molar-refractivity contribution in [3.05, 3.63) is 0 Å². The summed E-state index contributed by atoms with van der Waals surface area (Å²) in [6, 6.07) is -0.189. The number of nitrogens with two attached hydrogens (primary N) is 1. The van der Waals surface area contributed by atoms with Crippen molar-refractivity contribution in [1.82, 2.24) is 4.90 Å². The minimum atomic E-state index is -0.760. The Hall–Kier alpha value is -1.10. The summed E-state index contributed by atoms with van der Waals surface area (Å²) in [7, 11) is 0. The van der Waals surface area contributed by atoms with Gasteiger partial charge in [0.25, 0.3) is 0 Å². The molecule has 17 heavy (non-hydrogen) atoms. The lowest BCUT2D eigenvalue weighted by molar-refractivity contribution is -0.148. The van der Waals surface area contributed by atoms with Crippen LogP contribution in [0, 0.1) is 11.8 Å². The fraction of sp³-hybridized carbons (Fsp3) is 0.833. The van der Waals surface area contributed by atoms with Crippen LogP contribution < -0.4 is 5.73 Å². The van der Waals surface area contributed by atoms with Gasteiger partial charge in [-0.25, -0.2) is 0 Å². The van der Waals surface area contributed by atoms with Crippen LogP contribution in [-0.4, -0.2) is 40.5 Å². The lowest BCUT2D eigenvalue weighted by Crippen LogP contribution is -2.50. The number of aliphatic carboxylic acids is 1. The van der Waals surface area contributed by atoms with Gasteiger partial charge in [0.2, 0.25) is 5.91 Å². The van der Waals surface area contributed by atoms with Crippen LogP contribution in [0.4, 0.5) is 0 Å². The SMILES string of the molecule is CC(N)C(C)C(=O)N1CCC(C(=O)O)CC1C. The molecular formula is C12H22N2O3. The number of nitrogens with zero attached hydrogens (tertiary/aromatic N) is 1. The number of carbonyl (C=O) groups is 2. The van der Waals surface area contributed by atoms with Crippen molar-refractivity contribution in [2.45, 2.75) is 45.7 Å². The van der Waals surface area contributed by atoms with Crippen molar-refractivity contribution in [1.29, 1.82) is 0 Å². The van der Waals surface area contributed by atoms with Crippen molar-refractivity contribution in [2.75, 3.05) is 6.54 Å². The van der Waals surface area contributed by atoms with Crippen LogP contribution in [0.25, 0.3) is 0 Å². The molecule has 5 heteroatoms. The summed E-state index contributed by atoms with van der Waals surface area (Å²) in [5.74, 6) is -1.25. The highest BCUT2D eigenvalue weighted by atomic mass is 16.4. The number of rotatable bonds is 3. The molecule has 0 aromatic rings. The fourth-order valence-corrected chi connectivity index (χ4v) is 2.21. The van der Waals surface area contributed by atoms with Crippen LogP contribution in [0.3, 0.4) is 0 Å². The lowest BCUT2D eigenvalue weighted by Gasteiger charge is -2.38. The number of amides is 1. The van der Waals surface area contributed by atoms with Crippen LogP contribution in [0.1, 0.15) is 33.6 Å². The van der Waals surface area contributed by atoms with Crippen molar-refractivity contribution in [3.63, 3.8) is 0 Å². The lowest BCUT2D eigenvalue weighted by atomic mass is 9.90. The summed E-state index contributed by atoms with van der Waals surface area (Å²) in [6.07, 6.45) is 1.07. The maximum Gasteiger partial charge on any atom is 0.306 e. The predicted molar refractivity (Wildman–Crippen MR) is 64.3 cm³/mol. The zero-order valence-corrected chi connectivity index (χ0v) is 10.7. The monoisotopic (exact) mass is 242 g/mol. The van der Waals surface area contributed by atoms with Crippen molar-refractivity contribution >= 4 is 11.9 Å². The molecule has 1 saturated heterocycles. The van der Waals surface area contributed by atoms with Gasteiger partial charge in [0.1, 0.15) is 0 Å². The van der Waals surface area contributed by atoms with Gasteiger partial charge in [-0.3, -0.25) is 9.59 Å². The molecule has 0 spiro atoms. The fourth-order valence-electron chi connectivity index (χ4n) is 2.21. The molecule has 0 aromatic heterocycles. The van der Waals surface area contributed by atoms with Gasteiger partial charge in [-0.05, 0) is 26.7 Å². The Morgan fingerprint density at radius 3 is 2.41 bits per heavy atom. The van der Waals surface area contributed by atoms with E-state index in [9.17, 15) is 9.59 Å². The van der Waals surface area contributed by atoms with Crippen molar-refractivity contribution < 1.29 is 14.7 Å². The molecular weight excluding hydrogens is 220 g/mol. The van der Waals surface area contributed by atoms with E-state index in [4.69, 9.17) is 10.8 Å². The maximum atomic E-state index is 12.1. The Balaban J connectivity index is 2.63. The second-order valence-electron chi connectivity index (χ2n) is 5.09. The number of piperidine rings is 1. The first-order valence-corrected chi connectivity index (χ1v) is 6.13. The van der Waals surface area contributed by atoms with Gasteiger partial charge in [0.05, 0.1) is 11.8 Å². The Labute approximate surface area is 102 Å². The summed E-state index contributed by atoms with van der Waals surface area (Å²) in [5.41, 5.74) is 5.72. The number of hydrogen-bond donors (Lipinski definition) is 2. The molecule has 4 unspecified atom stereocenters. The van der Waals surface area contributed by atoms with Gasteiger partial charge in [0, 0.05) is 18.6 Å². The van der Waals surface area contributed by atoms with E-state index in [0.29, 0.717) is 19.4 Å². The van der Waals surface area contributed by atoms with E-state index >= 15 is 0 Å². The predicted octanol–water partition coefficient (Wildman–Crippen LogP) is 0.681. The van der Waals surface area contributed by atoms with E-state index in [2.05, 4.69) is 0 Å². The minimum absolute atomic E-state index is 0.0152. The third kappa shape index (κ3) is 3.19. The van der Waals surface area contributed by atoms with E-state index in [-0.39, 0.29) is 29.8 Å². The van der Waals surface area contributed by atoms with Gasteiger partial charge in [-0.2, -0.15) is 0 Å². The summed E-state index contributed by atoms with van der Waals surface area (Å²) < 4.78 is 0. The molecule has 1 aliphatic rings. The molecule has 4 atom stereocenters. The Morgan fingerprint density at radius 1 is 1.41 bits per heavy atom. The smallest absolute Gasteiger partial charge is 0.306 e. The Kier molecular flexibility index (Phi) is 4.51. The van der Waals surface area contributed by atoms with Crippen LogP contribution in [0.5, 0.6) is 0 Å². The largest absolute Gasteiger partial charge is 0.481 e. The molecule has 0 radical (unpaired) electrons. The zero-order valence-electron chi connectivity index (χ0n) is 10.7. The molecule has 1 fully saturated rings. The standard InChI is InChI=1S/C12H22N2O3/c1-7-6-10(12(16)17)4-5-14(7)11(15)8(2)9(3)13/h7-10H,4-6,13H2,1-3H3,(H,16,17). The highest BCUT2D eigenvalue weighted by Gasteiger charge is 2.34. The van der Waals surface area contributed by atoms with Crippen LogP contribution in [0.15, 0.2) is 0 Å². The summed E-state index contributed by atoms with van der Waals surface area (Å²) >= 11 is 0. The van der Waals surface area contributed by atoms with E-state index in [1.165, 1.54) is 0 Å². The third-order valence-corrected chi connectivity index (χ3v) is 3.69. The van der Waals surface area contributed by atoms with E-state index in [1.807, 2.05) is 20.8 Å². The molecule has 98 valence electrons. The highest BCUT2D eigenvalue weighted by Crippen LogP contribution is 2.24. The number of likely N-dealkylation sites (tertiary alicyclic amines) is 1. The van der Waals surface area contributed by atoms with E-state index < -0.39 is 5.97 Å². The van der Waals surface area contributed by atoms with Crippen molar-refractivity contribution in [2.24, 2.45) is 17.6 Å². The molecule has 1 aliphatic heterocycles. The number of carbonyl (C=O) groups excluding carboxylic acids is 1. The molecule has 0 saturated carbocycles. The molecule has 3 N–H and O–H groups in total. The summed E-state index contributed by atoms with van der Waals surface area (Å²) in [6.45, 7) is 6.06. The van der Waals surface area contributed by atoms with Crippen LogP contribution >= 0.6 is 0 Å². The summed E-state index contributed by atoms with van der Waals surface area (Å²) in [4.78, 5) is 24.8. The van der Waals surface area contributed by atoms with Crippen LogP contribution in [-0.2, 0) is 9.59 Å². The zero-order chi connectivity index (χ0) is 13.2. The van der Waals surface area contributed by atoms with Gasteiger partial charge in [-0.1, -0.05) is 6.92 Å². The van der Waals surface area contributed by atoms with Gasteiger partial charge in [0.15, 0.2) is 0 Å².